The lowest BCUT2D eigenvalue weighted by Gasteiger charge is -2.31. The molecule has 3 aromatic rings. The third kappa shape index (κ3) is 10.8. The van der Waals surface area contributed by atoms with Gasteiger partial charge in [0.05, 0.1) is 11.8 Å². The van der Waals surface area contributed by atoms with Crippen LogP contribution < -0.4 is 5.32 Å². The normalized spacial score (nSPS) is 15.7. The van der Waals surface area contributed by atoms with Gasteiger partial charge < -0.3 is 19.6 Å². The minimum Gasteiger partial charge on any atom is -0.446 e. The molecule has 0 aliphatic carbocycles. The van der Waals surface area contributed by atoms with Crippen LogP contribution >= 0.6 is 0 Å². The van der Waals surface area contributed by atoms with Crippen LogP contribution in [0.5, 0.6) is 0 Å². The Hall–Kier alpha value is -3.19. The van der Waals surface area contributed by atoms with Gasteiger partial charge in [0, 0.05) is 24.7 Å². The van der Waals surface area contributed by atoms with Crippen LogP contribution in [0.4, 0.5) is 10.5 Å². The molecule has 2 N–H and O–H groups in total. The van der Waals surface area contributed by atoms with Gasteiger partial charge in [-0.25, -0.2) is 4.79 Å². The zero-order chi connectivity index (χ0) is 30.3. The summed E-state index contributed by atoms with van der Waals surface area (Å²) in [6.45, 7) is 6.24. The second-order valence-corrected chi connectivity index (χ2v) is 12.0. The van der Waals surface area contributed by atoms with Crippen molar-refractivity contribution < 1.29 is 14.6 Å². The Morgan fingerprint density at radius 3 is 2.14 bits per heavy atom. The number of aliphatic hydroxyl groups is 1. The topological polar surface area (TPSA) is 65.0 Å². The number of likely N-dealkylation sites (tertiary alicyclic amines) is 1. The summed E-state index contributed by atoms with van der Waals surface area (Å²) in [4.78, 5) is 17.5. The van der Waals surface area contributed by atoms with Crippen molar-refractivity contribution in [1.82, 2.24) is 9.80 Å². The first-order valence-electron chi connectivity index (χ1n) is 16.3. The SMILES string of the molecule is C[C@H]([C@H](O)c1ccccc1)N(C)CCCCCCCCCN1CCC(OC(=O)Nc2ccccc2-c2ccccc2)CC1. The van der Waals surface area contributed by atoms with E-state index >= 15 is 0 Å². The van der Waals surface area contributed by atoms with Gasteiger partial charge in [0.25, 0.3) is 0 Å². The van der Waals surface area contributed by atoms with E-state index in [9.17, 15) is 9.90 Å². The summed E-state index contributed by atoms with van der Waals surface area (Å²) in [7, 11) is 2.12. The molecule has 0 saturated carbocycles. The summed E-state index contributed by atoms with van der Waals surface area (Å²) in [6.07, 6.45) is 9.76. The van der Waals surface area contributed by atoms with E-state index in [1.165, 1.54) is 44.9 Å². The van der Waals surface area contributed by atoms with Gasteiger partial charge in [-0.15, -0.1) is 0 Å². The molecule has 0 bridgehead atoms. The third-order valence-electron chi connectivity index (χ3n) is 8.84. The van der Waals surface area contributed by atoms with Gasteiger partial charge in [0.15, 0.2) is 0 Å². The van der Waals surface area contributed by atoms with E-state index in [0.29, 0.717) is 0 Å². The van der Waals surface area contributed by atoms with Crippen molar-refractivity contribution in [2.24, 2.45) is 0 Å². The largest absolute Gasteiger partial charge is 0.446 e. The lowest BCUT2D eigenvalue weighted by atomic mass is 10.0. The molecule has 1 aliphatic heterocycles. The number of piperidine rings is 1. The van der Waals surface area contributed by atoms with Gasteiger partial charge in [-0.3, -0.25) is 5.32 Å². The Morgan fingerprint density at radius 1 is 0.860 bits per heavy atom. The fourth-order valence-electron chi connectivity index (χ4n) is 5.96. The number of para-hydroxylation sites is 1. The molecule has 4 rings (SSSR count). The van der Waals surface area contributed by atoms with E-state index in [1.54, 1.807) is 0 Å². The van der Waals surface area contributed by atoms with E-state index in [4.69, 9.17) is 4.74 Å². The summed E-state index contributed by atoms with van der Waals surface area (Å²) in [6, 6.07) is 28.0. The van der Waals surface area contributed by atoms with Gasteiger partial charge >= 0.3 is 6.09 Å². The van der Waals surface area contributed by atoms with Crippen molar-refractivity contribution >= 4 is 11.8 Å². The Bertz CT molecular complexity index is 1200. The van der Waals surface area contributed by atoms with Crippen LogP contribution in [0.15, 0.2) is 84.9 Å². The number of ether oxygens (including phenoxy) is 1. The van der Waals surface area contributed by atoms with Gasteiger partial charge in [-0.2, -0.15) is 0 Å². The number of nitrogens with zero attached hydrogens (tertiary/aromatic N) is 2. The molecule has 1 heterocycles. The summed E-state index contributed by atoms with van der Waals surface area (Å²) in [5.74, 6) is 0. The molecule has 43 heavy (non-hydrogen) atoms. The highest BCUT2D eigenvalue weighted by molar-refractivity contribution is 5.91. The number of hydrogen-bond donors (Lipinski definition) is 2. The summed E-state index contributed by atoms with van der Waals surface area (Å²) in [5, 5.41) is 13.6. The smallest absolute Gasteiger partial charge is 0.411 e. The first-order chi connectivity index (χ1) is 21.0. The van der Waals surface area contributed by atoms with E-state index in [0.717, 1.165) is 61.4 Å². The molecule has 6 nitrogen and oxygen atoms in total. The van der Waals surface area contributed by atoms with Crippen LogP contribution in [0.25, 0.3) is 11.1 Å². The Balaban J connectivity index is 1.01. The van der Waals surface area contributed by atoms with Gasteiger partial charge in [-0.05, 0) is 69.9 Å². The summed E-state index contributed by atoms with van der Waals surface area (Å²) in [5.41, 5.74) is 3.83. The van der Waals surface area contributed by atoms with Crippen LogP contribution in [0.2, 0.25) is 0 Å². The molecule has 0 spiro atoms. The molecule has 0 aromatic heterocycles. The molecule has 1 amide bonds. The van der Waals surface area contributed by atoms with E-state index in [1.807, 2.05) is 84.9 Å². The number of carbonyl (C=O) groups is 1. The number of likely N-dealkylation sites (N-methyl/N-ethyl adjacent to an activating group) is 1. The quantitative estimate of drug-likeness (QED) is 0.166. The molecule has 1 aliphatic rings. The second kappa shape index (κ2) is 17.8. The van der Waals surface area contributed by atoms with Crippen molar-refractivity contribution in [2.75, 3.05) is 38.5 Å². The second-order valence-electron chi connectivity index (χ2n) is 12.0. The van der Waals surface area contributed by atoms with Crippen molar-refractivity contribution in [3.8, 4) is 11.1 Å². The standard InChI is InChI=1S/C37H51N3O3/c1-30(36(41)32-20-12-9-13-21-32)39(2)26-16-6-4-3-5-7-17-27-40-28-24-33(25-29-40)43-37(42)38-35-23-15-14-22-34(35)31-18-10-8-11-19-31/h8-15,18-23,30,33,36,41H,3-7,16-17,24-29H2,1-2H3,(H,38,42)/t30-,36+/m1/s1. The molecule has 3 aromatic carbocycles. The fourth-order valence-corrected chi connectivity index (χ4v) is 5.96. The highest BCUT2D eigenvalue weighted by atomic mass is 16.6. The Kier molecular flexibility index (Phi) is 13.6. The lowest BCUT2D eigenvalue weighted by Crippen LogP contribution is -2.38. The minimum atomic E-state index is -0.447. The van der Waals surface area contributed by atoms with Gasteiger partial charge in [-0.1, -0.05) is 111 Å². The predicted molar refractivity (Wildman–Crippen MR) is 177 cm³/mol. The number of nitrogens with one attached hydrogen (secondary N) is 1. The highest BCUT2D eigenvalue weighted by Gasteiger charge is 2.23. The van der Waals surface area contributed by atoms with Crippen molar-refractivity contribution in [3.05, 3.63) is 90.5 Å². The molecule has 1 fully saturated rings. The monoisotopic (exact) mass is 585 g/mol. The van der Waals surface area contributed by atoms with Crippen LogP contribution in [0.3, 0.4) is 0 Å². The number of rotatable bonds is 16. The van der Waals surface area contributed by atoms with Crippen LogP contribution in [-0.4, -0.2) is 66.4 Å². The molecular weight excluding hydrogens is 534 g/mol. The minimum absolute atomic E-state index is 0.0243. The molecular formula is C37H51N3O3. The van der Waals surface area contributed by atoms with E-state index in [2.05, 4.69) is 29.1 Å². The fraction of sp³-hybridized carbons (Fsp3) is 0.486. The summed E-state index contributed by atoms with van der Waals surface area (Å²) < 4.78 is 5.79. The first kappa shape index (κ1) is 32.7. The van der Waals surface area contributed by atoms with E-state index in [-0.39, 0.29) is 18.2 Å². The van der Waals surface area contributed by atoms with E-state index < -0.39 is 6.10 Å². The Morgan fingerprint density at radius 2 is 1.44 bits per heavy atom. The number of carbonyl (C=O) groups excluding carboxylic acids is 1. The number of aliphatic hydroxyl groups excluding tert-OH is 1. The predicted octanol–water partition coefficient (Wildman–Crippen LogP) is 8.15. The van der Waals surface area contributed by atoms with Crippen LogP contribution in [-0.2, 0) is 4.74 Å². The average Bonchev–Trinajstić information content (AvgIpc) is 3.05. The maximum atomic E-state index is 12.7. The van der Waals surface area contributed by atoms with Crippen molar-refractivity contribution in [3.63, 3.8) is 0 Å². The zero-order valence-electron chi connectivity index (χ0n) is 26.2. The number of hydrogen-bond acceptors (Lipinski definition) is 5. The summed E-state index contributed by atoms with van der Waals surface area (Å²) >= 11 is 0. The maximum Gasteiger partial charge on any atom is 0.411 e. The number of benzene rings is 3. The zero-order valence-corrected chi connectivity index (χ0v) is 26.2. The molecule has 6 heteroatoms. The van der Waals surface area contributed by atoms with Gasteiger partial charge in [0.2, 0.25) is 0 Å². The molecule has 232 valence electrons. The molecule has 2 atom stereocenters. The molecule has 1 saturated heterocycles. The Labute approximate surface area is 259 Å². The number of amides is 1. The third-order valence-corrected chi connectivity index (χ3v) is 8.84. The van der Waals surface area contributed by atoms with Crippen molar-refractivity contribution in [2.45, 2.75) is 83.0 Å². The number of anilines is 1. The molecule has 0 radical (unpaired) electrons. The number of unbranched alkanes of at least 4 members (excludes halogenated alkanes) is 6. The van der Waals surface area contributed by atoms with Crippen LogP contribution in [0, 0.1) is 0 Å². The van der Waals surface area contributed by atoms with Crippen molar-refractivity contribution in [1.29, 1.82) is 0 Å². The molecule has 0 unspecified atom stereocenters. The van der Waals surface area contributed by atoms with Crippen LogP contribution in [0.1, 0.15) is 76.4 Å². The highest BCUT2D eigenvalue weighted by Crippen LogP contribution is 2.28. The average molecular weight is 586 g/mol. The lowest BCUT2D eigenvalue weighted by molar-refractivity contribution is 0.0584. The van der Waals surface area contributed by atoms with Gasteiger partial charge in [0.1, 0.15) is 6.10 Å². The first-order valence-corrected chi connectivity index (χ1v) is 16.3. The maximum absolute atomic E-state index is 12.7.